The summed E-state index contributed by atoms with van der Waals surface area (Å²) in [6, 6.07) is 13.6. The molecule has 0 saturated carbocycles. The second-order valence-corrected chi connectivity index (χ2v) is 8.66. The lowest BCUT2D eigenvalue weighted by molar-refractivity contribution is -0.126. The Morgan fingerprint density at radius 3 is 2.60 bits per heavy atom. The summed E-state index contributed by atoms with van der Waals surface area (Å²) in [5.41, 5.74) is 0.852. The molecule has 2 heterocycles. The third-order valence-electron chi connectivity index (χ3n) is 4.89. The van der Waals surface area contributed by atoms with Gasteiger partial charge in [0.1, 0.15) is 11.3 Å². The Morgan fingerprint density at radius 2 is 1.87 bits per heavy atom. The first-order chi connectivity index (χ1) is 14.3. The average Bonchev–Trinajstić information content (AvgIpc) is 3.17. The number of phenols is 1. The average molecular weight is 424 g/mol. The third-order valence-corrected chi connectivity index (χ3v) is 5.91. The van der Waals surface area contributed by atoms with E-state index < -0.39 is 10.8 Å². The molecule has 154 valence electrons. The van der Waals surface area contributed by atoms with E-state index in [-0.39, 0.29) is 17.6 Å². The molecule has 1 aromatic heterocycles. The molecular formula is C20H20N6O3S. The SMILES string of the molecule is C[C@@H](Sc1nnnn1-c1ccc(O)cc1)C(=O)N1c2ccccc2NC(=O)C1(C)C. The normalized spacial score (nSPS) is 16.0. The van der Waals surface area contributed by atoms with E-state index in [4.69, 9.17) is 0 Å². The van der Waals surface area contributed by atoms with Crippen molar-refractivity contribution in [3.05, 3.63) is 48.5 Å². The number of phenolic OH excluding ortho intramolecular Hbond substituents is 1. The maximum atomic E-state index is 13.5. The van der Waals surface area contributed by atoms with Crippen LogP contribution in [0.5, 0.6) is 5.75 Å². The summed E-state index contributed by atoms with van der Waals surface area (Å²) in [6.45, 7) is 5.19. The first-order valence-corrected chi connectivity index (χ1v) is 10.2. The standard InChI is InChI=1S/C20H20N6O3S/c1-12(30-19-22-23-24-26(19)13-8-10-14(27)11-9-13)17(28)25-16-7-5-4-6-15(16)21-18(29)20(25,2)3/h4-12,27H,1-3H3,(H,21,29)/t12-/m1/s1. The molecule has 2 amide bonds. The van der Waals surface area contributed by atoms with Crippen LogP contribution in [0.15, 0.2) is 53.7 Å². The molecule has 4 rings (SSSR count). The number of tetrazole rings is 1. The van der Waals surface area contributed by atoms with Crippen LogP contribution < -0.4 is 10.2 Å². The van der Waals surface area contributed by atoms with Crippen LogP contribution in [0.2, 0.25) is 0 Å². The molecule has 0 radical (unpaired) electrons. The number of fused-ring (bicyclic) bond motifs is 1. The zero-order chi connectivity index (χ0) is 21.5. The predicted molar refractivity (Wildman–Crippen MR) is 113 cm³/mol. The summed E-state index contributed by atoms with van der Waals surface area (Å²) >= 11 is 1.20. The summed E-state index contributed by atoms with van der Waals surface area (Å²) in [4.78, 5) is 27.6. The van der Waals surface area contributed by atoms with Crippen molar-refractivity contribution in [1.29, 1.82) is 0 Å². The van der Waals surface area contributed by atoms with Gasteiger partial charge in [-0.2, -0.15) is 4.68 Å². The molecule has 2 aromatic carbocycles. The first-order valence-electron chi connectivity index (χ1n) is 9.28. The van der Waals surface area contributed by atoms with Gasteiger partial charge in [0.2, 0.25) is 17.0 Å². The van der Waals surface area contributed by atoms with Gasteiger partial charge in [0.15, 0.2) is 0 Å². The highest BCUT2D eigenvalue weighted by Gasteiger charge is 2.45. The number of anilines is 2. The number of aromatic nitrogens is 4. The van der Waals surface area contributed by atoms with Gasteiger partial charge in [-0.05, 0) is 67.6 Å². The molecule has 1 aliphatic rings. The van der Waals surface area contributed by atoms with E-state index in [9.17, 15) is 14.7 Å². The van der Waals surface area contributed by atoms with E-state index in [0.717, 1.165) is 0 Å². The van der Waals surface area contributed by atoms with Crippen LogP contribution in [-0.4, -0.2) is 47.9 Å². The Labute approximate surface area is 177 Å². The minimum absolute atomic E-state index is 0.133. The van der Waals surface area contributed by atoms with Crippen LogP contribution in [-0.2, 0) is 9.59 Å². The van der Waals surface area contributed by atoms with Gasteiger partial charge in [-0.3, -0.25) is 14.5 Å². The molecule has 9 nitrogen and oxygen atoms in total. The van der Waals surface area contributed by atoms with E-state index in [0.29, 0.717) is 22.2 Å². The van der Waals surface area contributed by atoms with Gasteiger partial charge in [-0.15, -0.1) is 5.10 Å². The molecule has 0 unspecified atom stereocenters. The van der Waals surface area contributed by atoms with Crippen LogP contribution in [0.1, 0.15) is 20.8 Å². The Kier molecular flexibility index (Phi) is 4.94. The van der Waals surface area contributed by atoms with Crippen molar-refractivity contribution in [3.63, 3.8) is 0 Å². The number of benzene rings is 2. The quantitative estimate of drug-likeness (QED) is 0.619. The van der Waals surface area contributed by atoms with E-state index in [1.165, 1.54) is 33.5 Å². The van der Waals surface area contributed by atoms with Crippen molar-refractivity contribution in [1.82, 2.24) is 20.2 Å². The Hall–Kier alpha value is -3.40. The van der Waals surface area contributed by atoms with Gasteiger partial charge in [0.25, 0.3) is 0 Å². The van der Waals surface area contributed by atoms with Crippen LogP contribution >= 0.6 is 11.8 Å². The molecule has 1 aliphatic heterocycles. The van der Waals surface area contributed by atoms with Crippen molar-refractivity contribution in [2.24, 2.45) is 0 Å². The van der Waals surface area contributed by atoms with Crippen molar-refractivity contribution in [2.75, 3.05) is 10.2 Å². The zero-order valence-corrected chi connectivity index (χ0v) is 17.4. The van der Waals surface area contributed by atoms with Gasteiger partial charge < -0.3 is 10.4 Å². The second-order valence-electron chi connectivity index (χ2n) is 7.35. The summed E-state index contributed by atoms with van der Waals surface area (Å²) in [5.74, 6) is -0.345. The molecule has 0 spiro atoms. The molecule has 0 bridgehead atoms. The van der Waals surface area contributed by atoms with Gasteiger partial charge in [0.05, 0.1) is 22.3 Å². The lowest BCUT2D eigenvalue weighted by Crippen LogP contribution is -2.60. The summed E-state index contributed by atoms with van der Waals surface area (Å²) in [5, 5.41) is 23.9. The molecule has 0 aliphatic carbocycles. The zero-order valence-electron chi connectivity index (χ0n) is 16.6. The third kappa shape index (κ3) is 3.39. The number of para-hydroxylation sites is 2. The fourth-order valence-corrected chi connectivity index (χ4v) is 4.09. The number of aromatic hydroxyl groups is 1. The van der Waals surface area contributed by atoms with E-state index in [2.05, 4.69) is 20.8 Å². The fourth-order valence-electron chi connectivity index (χ4n) is 3.25. The number of amides is 2. The number of nitrogens with zero attached hydrogens (tertiary/aromatic N) is 5. The van der Waals surface area contributed by atoms with Crippen molar-refractivity contribution in [3.8, 4) is 11.4 Å². The molecular weight excluding hydrogens is 404 g/mol. The maximum Gasteiger partial charge on any atom is 0.250 e. The number of hydrogen-bond acceptors (Lipinski definition) is 7. The molecule has 0 saturated heterocycles. The highest BCUT2D eigenvalue weighted by atomic mass is 32.2. The largest absolute Gasteiger partial charge is 0.508 e. The fraction of sp³-hybridized carbons (Fsp3) is 0.250. The number of thioether (sulfide) groups is 1. The Bertz CT molecular complexity index is 1110. The summed E-state index contributed by atoms with van der Waals surface area (Å²) in [6.07, 6.45) is 0. The summed E-state index contributed by atoms with van der Waals surface area (Å²) < 4.78 is 1.50. The number of carbonyl (C=O) groups is 2. The summed E-state index contributed by atoms with van der Waals surface area (Å²) in [7, 11) is 0. The topological polar surface area (TPSA) is 113 Å². The van der Waals surface area contributed by atoms with Crippen molar-refractivity contribution < 1.29 is 14.7 Å². The van der Waals surface area contributed by atoms with Crippen LogP contribution in [0.4, 0.5) is 11.4 Å². The Morgan fingerprint density at radius 1 is 1.17 bits per heavy atom. The first kappa shape index (κ1) is 19.9. The minimum atomic E-state index is -1.05. The number of nitrogens with one attached hydrogen (secondary N) is 1. The highest BCUT2D eigenvalue weighted by molar-refractivity contribution is 8.00. The molecule has 10 heteroatoms. The lowest BCUT2D eigenvalue weighted by Gasteiger charge is -2.42. The molecule has 30 heavy (non-hydrogen) atoms. The number of carbonyl (C=O) groups excluding carboxylic acids is 2. The minimum Gasteiger partial charge on any atom is -0.508 e. The van der Waals surface area contributed by atoms with Crippen LogP contribution in [0.25, 0.3) is 5.69 Å². The van der Waals surface area contributed by atoms with E-state index >= 15 is 0 Å². The van der Waals surface area contributed by atoms with E-state index in [1.807, 2.05) is 18.2 Å². The molecule has 3 aromatic rings. The monoisotopic (exact) mass is 424 g/mol. The molecule has 1 atom stereocenters. The number of rotatable bonds is 4. The highest BCUT2D eigenvalue weighted by Crippen LogP contribution is 2.38. The Balaban J connectivity index is 1.63. The van der Waals surface area contributed by atoms with E-state index in [1.54, 1.807) is 39.0 Å². The van der Waals surface area contributed by atoms with Gasteiger partial charge in [-0.1, -0.05) is 23.9 Å². The lowest BCUT2D eigenvalue weighted by atomic mass is 9.96. The van der Waals surface area contributed by atoms with Crippen molar-refractivity contribution >= 4 is 35.0 Å². The molecule has 0 fully saturated rings. The second kappa shape index (κ2) is 7.45. The van der Waals surface area contributed by atoms with Gasteiger partial charge in [-0.25, -0.2) is 0 Å². The maximum absolute atomic E-state index is 13.5. The molecule has 2 N–H and O–H groups in total. The van der Waals surface area contributed by atoms with Crippen LogP contribution in [0, 0.1) is 0 Å². The number of hydrogen-bond donors (Lipinski definition) is 2. The predicted octanol–water partition coefficient (Wildman–Crippen LogP) is 2.61. The van der Waals surface area contributed by atoms with Gasteiger partial charge in [0, 0.05) is 0 Å². The van der Waals surface area contributed by atoms with Gasteiger partial charge >= 0.3 is 0 Å². The van der Waals surface area contributed by atoms with Crippen LogP contribution in [0.3, 0.4) is 0 Å². The smallest absolute Gasteiger partial charge is 0.250 e. The van der Waals surface area contributed by atoms with Crippen molar-refractivity contribution in [2.45, 2.75) is 36.7 Å².